The Kier molecular flexibility index (Phi) is 5.38. The summed E-state index contributed by atoms with van der Waals surface area (Å²) in [4.78, 5) is 16.3. The number of rotatable bonds is 3. The first-order chi connectivity index (χ1) is 13.1. The molecule has 0 bridgehead atoms. The van der Waals surface area contributed by atoms with E-state index in [2.05, 4.69) is 0 Å². The number of piperazine rings is 1. The van der Waals surface area contributed by atoms with Crippen molar-refractivity contribution in [2.45, 2.75) is 11.1 Å². The molecule has 5 nitrogen and oxygen atoms in total. The van der Waals surface area contributed by atoms with E-state index in [1.807, 2.05) is 4.90 Å². The number of nitrogens with zero attached hydrogens (tertiary/aromatic N) is 2. The first-order valence-electron chi connectivity index (χ1n) is 8.57. The molecule has 0 unspecified atom stereocenters. The molecule has 150 valence electrons. The highest BCUT2D eigenvalue weighted by Crippen LogP contribution is 2.30. The number of hydrogen-bond acceptors (Lipinski definition) is 4. The molecule has 1 aliphatic heterocycles. The zero-order valence-electron chi connectivity index (χ0n) is 15.1. The largest absolute Gasteiger partial charge is 0.416 e. The third-order valence-corrected chi connectivity index (χ3v) is 5.76. The number of alkyl halides is 3. The lowest BCUT2D eigenvalue weighted by molar-refractivity contribution is -0.137. The molecule has 28 heavy (non-hydrogen) atoms. The van der Waals surface area contributed by atoms with E-state index in [4.69, 9.17) is 0 Å². The summed E-state index contributed by atoms with van der Waals surface area (Å²) in [5.41, 5.74) is 0.00213. The van der Waals surface area contributed by atoms with Gasteiger partial charge in [0.15, 0.2) is 9.84 Å². The smallest absolute Gasteiger partial charge is 0.368 e. The van der Waals surface area contributed by atoms with E-state index in [1.165, 1.54) is 29.2 Å². The summed E-state index contributed by atoms with van der Waals surface area (Å²) in [6.45, 7) is 1.73. The summed E-state index contributed by atoms with van der Waals surface area (Å²) in [7, 11) is -3.27. The quantitative estimate of drug-likeness (QED) is 0.778. The Morgan fingerprint density at radius 3 is 2.11 bits per heavy atom. The van der Waals surface area contributed by atoms with Gasteiger partial charge in [-0.25, -0.2) is 8.42 Å². The highest BCUT2D eigenvalue weighted by Gasteiger charge is 2.31. The van der Waals surface area contributed by atoms with E-state index in [0.29, 0.717) is 26.2 Å². The Balaban J connectivity index is 1.66. The van der Waals surface area contributed by atoms with Crippen molar-refractivity contribution in [1.29, 1.82) is 0 Å². The summed E-state index contributed by atoms with van der Waals surface area (Å²) < 4.78 is 61.6. The van der Waals surface area contributed by atoms with Gasteiger partial charge in [-0.3, -0.25) is 4.79 Å². The average Bonchev–Trinajstić information content (AvgIpc) is 2.66. The highest BCUT2D eigenvalue weighted by atomic mass is 32.2. The third kappa shape index (κ3) is 4.46. The summed E-state index contributed by atoms with van der Waals surface area (Å²) in [5.74, 6) is -0.432. The van der Waals surface area contributed by atoms with Gasteiger partial charge in [0.2, 0.25) is 0 Å². The monoisotopic (exact) mass is 412 g/mol. The number of anilines is 1. The molecule has 3 rings (SSSR count). The van der Waals surface area contributed by atoms with Crippen LogP contribution in [0.5, 0.6) is 0 Å². The first-order valence-corrected chi connectivity index (χ1v) is 10.5. The van der Waals surface area contributed by atoms with Crippen LogP contribution in [0.1, 0.15) is 15.9 Å². The number of carbonyl (C=O) groups is 1. The normalized spacial score (nSPS) is 15.6. The van der Waals surface area contributed by atoms with E-state index in [9.17, 15) is 26.4 Å². The van der Waals surface area contributed by atoms with Gasteiger partial charge in [-0.05, 0) is 42.5 Å². The van der Waals surface area contributed by atoms with Crippen LogP contribution in [0.2, 0.25) is 0 Å². The molecule has 2 aromatic rings. The summed E-state index contributed by atoms with van der Waals surface area (Å²) in [6, 6.07) is 10.9. The van der Waals surface area contributed by atoms with Crippen LogP contribution in [0.3, 0.4) is 0 Å². The molecular formula is C19H19F3N2O3S. The fourth-order valence-electron chi connectivity index (χ4n) is 3.08. The fraction of sp³-hybridized carbons (Fsp3) is 0.316. The fourth-order valence-corrected chi connectivity index (χ4v) is 3.71. The van der Waals surface area contributed by atoms with E-state index in [0.717, 1.165) is 24.1 Å². The van der Waals surface area contributed by atoms with Crippen LogP contribution in [0, 0.1) is 0 Å². The van der Waals surface area contributed by atoms with Crippen LogP contribution in [0.25, 0.3) is 0 Å². The number of carbonyl (C=O) groups excluding carboxylic acids is 1. The molecule has 1 fully saturated rings. The molecule has 0 aliphatic carbocycles. The van der Waals surface area contributed by atoms with Gasteiger partial charge in [0.1, 0.15) is 0 Å². The van der Waals surface area contributed by atoms with Gasteiger partial charge >= 0.3 is 6.18 Å². The molecule has 1 saturated heterocycles. The Morgan fingerprint density at radius 2 is 1.57 bits per heavy atom. The van der Waals surface area contributed by atoms with Crippen LogP contribution in [-0.4, -0.2) is 51.7 Å². The van der Waals surface area contributed by atoms with Crippen molar-refractivity contribution in [3.63, 3.8) is 0 Å². The number of hydrogen-bond donors (Lipinski definition) is 0. The zero-order valence-corrected chi connectivity index (χ0v) is 15.9. The average molecular weight is 412 g/mol. The van der Waals surface area contributed by atoms with Crippen LogP contribution in [-0.2, 0) is 16.0 Å². The molecule has 0 N–H and O–H groups in total. The van der Waals surface area contributed by atoms with Crippen LogP contribution < -0.4 is 4.90 Å². The maximum absolute atomic E-state index is 12.8. The number of sulfone groups is 1. The number of amides is 1. The van der Waals surface area contributed by atoms with Gasteiger partial charge in [0.05, 0.1) is 10.5 Å². The van der Waals surface area contributed by atoms with Gasteiger partial charge in [0.25, 0.3) is 5.91 Å². The summed E-state index contributed by atoms with van der Waals surface area (Å²) in [5, 5.41) is 0. The highest BCUT2D eigenvalue weighted by molar-refractivity contribution is 7.90. The topological polar surface area (TPSA) is 57.7 Å². The standard InChI is InChI=1S/C19H19F3N2O3S/c1-28(26,27)17-7-5-16(6-8-17)23-9-11-24(12-10-23)18(25)14-3-2-4-15(13-14)19(20,21)22/h2-8,13H,9-12H2,1H3. The van der Waals surface area contributed by atoms with Gasteiger partial charge in [-0.2, -0.15) is 13.2 Å². The predicted octanol–water partition coefficient (Wildman–Crippen LogP) is 3.07. The first kappa shape index (κ1) is 20.2. The summed E-state index contributed by atoms with van der Waals surface area (Å²) in [6.07, 6.45) is -3.35. The minimum Gasteiger partial charge on any atom is -0.368 e. The minimum atomic E-state index is -4.49. The molecule has 1 amide bonds. The molecule has 0 radical (unpaired) electrons. The Morgan fingerprint density at radius 1 is 0.964 bits per heavy atom. The van der Waals surface area contributed by atoms with Gasteiger partial charge < -0.3 is 9.80 Å². The second-order valence-corrected chi connectivity index (χ2v) is 8.64. The molecule has 0 spiro atoms. The van der Waals surface area contributed by atoms with Crippen molar-refractivity contribution < 1.29 is 26.4 Å². The Hall–Kier alpha value is -2.55. The lowest BCUT2D eigenvalue weighted by Crippen LogP contribution is -2.48. The van der Waals surface area contributed by atoms with E-state index < -0.39 is 27.5 Å². The van der Waals surface area contributed by atoms with E-state index >= 15 is 0 Å². The van der Waals surface area contributed by atoms with Crippen molar-refractivity contribution in [3.8, 4) is 0 Å². The van der Waals surface area contributed by atoms with Crippen molar-refractivity contribution in [1.82, 2.24) is 4.90 Å². The van der Waals surface area contributed by atoms with Crippen molar-refractivity contribution >= 4 is 21.4 Å². The maximum Gasteiger partial charge on any atom is 0.416 e. The predicted molar refractivity (Wildman–Crippen MR) is 99.1 cm³/mol. The van der Waals surface area contributed by atoms with Gasteiger partial charge in [-0.15, -0.1) is 0 Å². The molecule has 1 heterocycles. The van der Waals surface area contributed by atoms with Crippen molar-refractivity contribution in [3.05, 3.63) is 59.7 Å². The molecule has 9 heteroatoms. The van der Waals surface area contributed by atoms with Crippen LogP contribution >= 0.6 is 0 Å². The lowest BCUT2D eigenvalue weighted by atomic mass is 10.1. The minimum absolute atomic E-state index is 0.0146. The molecule has 1 aliphatic rings. The van der Waals surface area contributed by atoms with Crippen LogP contribution in [0.4, 0.5) is 18.9 Å². The number of halogens is 3. The molecule has 2 aromatic carbocycles. The third-order valence-electron chi connectivity index (χ3n) is 4.63. The van der Waals surface area contributed by atoms with Crippen molar-refractivity contribution in [2.75, 3.05) is 37.3 Å². The molecule has 0 saturated carbocycles. The second kappa shape index (κ2) is 7.46. The maximum atomic E-state index is 12.8. The molecule has 0 aromatic heterocycles. The number of benzene rings is 2. The SMILES string of the molecule is CS(=O)(=O)c1ccc(N2CCN(C(=O)c3cccc(C(F)(F)F)c3)CC2)cc1. The van der Waals surface area contributed by atoms with Crippen molar-refractivity contribution in [2.24, 2.45) is 0 Å². The van der Waals surface area contributed by atoms with E-state index in [-0.39, 0.29) is 10.5 Å². The molecule has 0 atom stereocenters. The van der Waals surface area contributed by atoms with Crippen LogP contribution in [0.15, 0.2) is 53.4 Å². The molecular weight excluding hydrogens is 393 g/mol. The Bertz CT molecular complexity index is 965. The Labute approximate surface area is 161 Å². The summed E-state index contributed by atoms with van der Waals surface area (Å²) >= 11 is 0. The zero-order chi connectivity index (χ0) is 20.5. The van der Waals surface area contributed by atoms with E-state index in [1.54, 1.807) is 12.1 Å². The van der Waals surface area contributed by atoms with Gasteiger partial charge in [-0.1, -0.05) is 6.07 Å². The van der Waals surface area contributed by atoms with Gasteiger partial charge in [0, 0.05) is 43.7 Å². The lowest BCUT2D eigenvalue weighted by Gasteiger charge is -2.36. The second-order valence-electron chi connectivity index (χ2n) is 6.62.